The van der Waals surface area contributed by atoms with Crippen LogP contribution in [0.4, 0.5) is 0 Å². The predicted octanol–water partition coefficient (Wildman–Crippen LogP) is 6.20. The van der Waals surface area contributed by atoms with Gasteiger partial charge in [0.2, 0.25) is 0 Å². The zero-order valence-electron chi connectivity index (χ0n) is 17.9. The quantitative estimate of drug-likeness (QED) is 0.315. The molecule has 0 aliphatic carbocycles. The molecule has 0 amide bonds. The minimum Gasteiger partial charge on any atom is -0.528 e. The minimum absolute atomic E-state index is 0. The average Bonchev–Trinajstić information content (AvgIpc) is 2.71. The van der Waals surface area contributed by atoms with Crippen LogP contribution in [0, 0.1) is 5.92 Å². The summed E-state index contributed by atoms with van der Waals surface area (Å²) in [6, 6.07) is 19.6. The standard InChI is InChI=1S/C20H22N2.2C2H6.Y/c1-16(2)14-21-15-22-13-12-17-8-6-7-11-19(17)20(22)18-9-4-3-5-10-18;2*1-2;/h3-11,20H,12-14H2,1-2H3;2*1-2H3;/q-2;;;. The van der Waals surface area contributed by atoms with E-state index in [1.165, 1.54) is 22.6 Å². The molecular weight excluding hydrogens is 405 g/mol. The Kier molecular flexibility index (Phi) is 14.4. The molecule has 0 aromatic heterocycles. The molecule has 27 heavy (non-hydrogen) atoms. The van der Waals surface area contributed by atoms with Crippen LogP contribution in [-0.4, -0.2) is 24.3 Å². The Morgan fingerprint density at radius 1 is 0.963 bits per heavy atom. The van der Waals surface area contributed by atoms with E-state index in [1.807, 2.05) is 27.7 Å². The van der Waals surface area contributed by atoms with Crippen molar-refractivity contribution in [2.75, 3.05) is 13.1 Å². The van der Waals surface area contributed by atoms with Crippen LogP contribution >= 0.6 is 0 Å². The van der Waals surface area contributed by atoms with Gasteiger partial charge in [-0.05, 0) is 29.7 Å². The second kappa shape index (κ2) is 15.0. The molecule has 1 radical (unpaired) electrons. The van der Waals surface area contributed by atoms with Crippen LogP contribution in [-0.2, 0) is 39.1 Å². The van der Waals surface area contributed by atoms with Crippen molar-refractivity contribution in [1.82, 2.24) is 4.90 Å². The predicted molar refractivity (Wildman–Crippen MR) is 115 cm³/mol. The summed E-state index contributed by atoms with van der Waals surface area (Å²) < 4.78 is 0. The summed E-state index contributed by atoms with van der Waals surface area (Å²) in [4.78, 5) is 6.73. The summed E-state index contributed by atoms with van der Waals surface area (Å²) in [5.41, 5.74) is 4.11. The Hall–Kier alpha value is -0.986. The minimum atomic E-state index is 0. The first kappa shape index (κ1) is 26.0. The number of hydrogen-bond acceptors (Lipinski definition) is 1. The SMILES string of the molecule is CC.CC.C[C-](C)CN=[C-]N1CCc2ccccc2C1c1ccccc1.[Y]. The van der Waals surface area contributed by atoms with Crippen LogP contribution in [0.25, 0.3) is 0 Å². The van der Waals surface area contributed by atoms with E-state index in [0.717, 1.165) is 19.5 Å². The first-order valence-electron chi connectivity index (χ1n) is 9.86. The van der Waals surface area contributed by atoms with Crippen LogP contribution in [0.15, 0.2) is 59.6 Å². The van der Waals surface area contributed by atoms with Crippen LogP contribution in [0.5, 0.6) is 0 Å². The summed E-state index contributed by atoms with van der Waals surface area (Å²) in [7, 11) is 0. The van der Waals surface area contributed by atoms with Crippen LogP contribution < -0.4 is 0 Å². The molecule has 1 heterocycles. The van der Waals surface area contributed by atoms with E-state index in [4.69, 9.17) is 0 Å². The second-order valence-electron chi connectivity index (χ2n) is 6.08. The Labute approximate surface area is 192 Å². The molecule has 145 valence electrons. The van der Waals surface area contributed by atoms with Gasteiger partial charge in [0.1, 0.15) is 0 Å². The number of hydrogen-bond donors (Lipinski definition) is 0. The second-order valence-corrected chi connectivity index (χ2v) is 6.08. The third-order valence-electron chi connectivity index (χ3n) is 3.99. The molecule has 1 aliphatic rings. The van der Waals surface area contributed by atoms with Crippen molar-refractivity contribution < 1.29 is 32.7 Å². The van der Waals surface area contributed by atoms with E-state index < -0.39 is 0 Å². The molecule has 0 saturated carbocycles. The number of benzene rings is 2. The maximum atomic E-state index is 4.48. The average molecular weight is 439 g/mol. The smallest absolute Gasteiger partial charge is 0.0504 e. The fourth-order valence-corrected chi connectivity index (χ4v) is 2.95. The maximum Gasteiger partial charge on any atom is 0.0504 e. The topological polar surface area (TPSA) is 15.6 Å². The Balaban J connectivity index is 0.00000127. The first-order valence-corrected chi connectivity index (χ1v) is 9.86. The molecule has 3 heteroatoms. The van der Waals surface area contributed by atoms with Crippen molar-refractivity contribution in [3.8, 4) is 0 Å². The summed E-state index contributed by atoms with van der Waals surface area (Å²) in [5, 5.41) is 0. The van der Waals surface area contributed by atoms with E-state index in [2.05, 4.69) is 84.7 Å². The van der Waals surface area contributed by atoms with Gasteiger partial charge in [0.25, 0.3) is 0 Å². The van der Waals surface area contributed by atoms with Gasteiger partial charge < -0.3 is 22.1 Å². The van der Waals surface area contributed by atoms with Gasteiger partial charge in [0, 0.05) is 32.7 Å². The fourth-order valence-electron chi connectivity index (χ4n) is 2.95. The van der Waals surface area contributed by atoms with Gasteiger partial charge in [-0.25, -0.2) is 0 Å². The Bertz CT molecular complexity index is 638. The Morgan fingerprint density at radius 2 is 1.56 bits per heavy atom. The summed E-state index contributed by atoms with van der Waals surface area (Å²) in [6.45, 7) is 13.9. The maximum absolute atomic E-state index is 4.48. The van der Waals surface area contributed by atoms with E-state index in [9.17, 15) is 0 Å². The number of nitrogens with zero attached hydrogens (tertiary/aromatic N) is 2. The van der Waals surface area contributed by atoms with Crippen molar-refractivity contribution in [3.63, 3.8) is 0 Å². The van der Waals surface area contributed by atoms with Crippen molar-refractivity contribution in [2.45, 2.75) is 54.0 Å². The summed E-state index contributed by atoms with van der Waals surface area (Å²) in [5.74, 6) is 1.31. The Morgan fingerprint density at radius 3 is 2.19 bits per heavy atom. The van der Waals surface area contributed by atoms with Crippen molar-refractivity contribution in [2.24, 2.45) is 4.99 Å². The van der Waals surface area contributed by atoms with Gasteiger partial charge in [-0.2, -0.15) is 13.8 Å². The van der Waals surface area contributed by atoms with Crippen LogP contribution in [0.1, 0.15) is 64.3 Å². The van der Waals surface area contributed by atoms with E-state index in [0.29, 0.717) is 0 Å². The molecule has 3 rings (SSSR count). The van der Waals surface area contributed by atoms with Gasteiger partial charge in [-0.3, -0.25) is 0 Å². The molecule has 2 aromatic rings. The van der Waals surface area contributed by atoms with E-state index in [1.54, 1.807) is 0 Å². The number of fused-ring (bicyclic) bond motifs is 1. The number of rotatable bonds is 4. The molecule has 0 spiro atoms. The van der Waals surface area contributed by atoms with Crippen LogP contribution in [0.2, 0.25) is 0 Å². The molecular formula is C24H34N2Y-2. The normalized spacial score (nSPS) is 15.1. The largest absolute Gasteiger partial charge is 0.528 e. The van der Waals surface area contributed by atoms with E-state index in [-0.39, 0.29) is 38.8 Å². The molecule has 0 fully saturated rings. The zero-order valence-corrected chi connectivity index (χ0v) is 20.7. The number of aliphatic imine (C=N–C) groups is 1. The molecule has 1 atom stereocenters. The van der Waals surface area contributed by atoms with Crippen molar-refractivity contribution >= 4 is 6.34 Å². The van der Waals surface area contributed by atoms with Crippen molar-refractivity contribution in [1.29, 1.82) is 0 Å². The van der Waals surface area contributed by atoms with E-state index >= 15 is 0 Å². The molecule has 0 saturated heterocycles. The summed E-state index contributed by atoms with van der Waals surface area (Å²) >= 11 is 0. The third kappa shape index (κ3) is 7.88. The zero-order chi connectivity index (χ0) is 19.4. The molecule has 2 aromatic carbocycles. The van der Waals surface area contributed by atoms with Crippen LogP contribution in [0.3, 0.4) is 0 Å². The molecule has 1 aliphatic heterocycles. The molecule has 0 bridgehead atoms. The third-order valence-corrected chi connectivity index (χ3v) is 3.99. The first-order chi connectivity index (χ1) is 12.8. The van der Waals surface area contributed by atoms with Gasteiger partial charge in [0.15, 0.2) is 0 Å². The van der Waals surface area contributed by atoms with Gasteiger partial charge in [0.05, 0.1) is 6.04 Å². The molecule has 1 unspecified atom stereocenters. The van der Waals surface area contributed by atoms with Gasteiger partial charge in [-0.15, -0.1) is 6.54 Å². The van der Waals surface area contributed by atoms with Crippen molar-refractivity contribution in [3.05, 3.63) is 77.2 Å². The van der Waals surface area contributed by atoms with Gasteiger partial charge in [-0.1, -0.05) is 82.3 Å². The molecule has 2 nitrogen and oxygen atoms in total. The molecule has 0 N–H and O–H groups in total. The van der Waals surface area contributed by atoms with Gasteiger partial charge >= 0.3 is 0 Å². The summed E-state index contributed by atoms with van der Waals surface area (Å²) in [6.07, 6.45) is 4.33. The monoisotopic (exact) mass is 439 g/mol. The fraction of sp³-hybridized carbons (Fsp3) is 0.417.